The Morgan fingerprint density at radius 2 is 1.44 bits per heavy atom. The Bertz CT molecular complexity index is 2200. The number of benzene rings is 4. The van der Waals surface area contributed by atoms with Crippen LogP contribution in [0.2, 0.25) is 0 Å². The minimum absolute atomic E-state index is 0.0707. The molecule has 0 saturated carbocycles. The predicted molar refractivity (Wildman–Crippen MR) is 184 cm³/mol. The van der Waals surface area contributed by atoms with E-state index in [1.807, 2.05) is 30.5 Å². The van der Waals surface area contributed by atoms with Crippen LogP contribution in [0.5, 0.6) is 0 Å². The van der Waals surface area contributed by atoms with Gasteiger partial charge in [0.05, 0.1) is 11.3 Å². The average molecular weight is 596 g/mol. The van der Waals surface area contributed by atoms with Crippen LogP contribution in [-0.2, 0) is 5.41 Å². The number of nitrogens with zero attached hydrogens (tertiary/aromatic N) is 3. The summed E-state index contributed by atoms with van der Waals surface area (Å²) in [6.45, 7) is 15.5. The van der Waals surface area contributed by atoms with Gasteiger partial charge in [0, 0.05) is 22.5 Å². The summed E-state index contributed by atoms with van der Waals surface area (Å²) in [5.41, 5.74) is 10.0. The largest absolute Gasteiger partial charge is 0.455 e. The summed E-state index contributed by atoms with van der Waals surface area (Å²) < 4.78 is 23.6. The molecular formula is C40H38FN3O. The van der Waals surface area contributed by atoms with E-state index in [1.54, 1.807) is 12.1 Å². The molecule has 0 fully saturated rings. The van der Waals surface area contributed by atoms with Crippen LogP contribution in [0.4, 0.5) is 4.39 Å². The zero-order valence-corrected chi connectivity index (χ0v) is 26.9. The molecule has 3 heterocycles. The molecule has 4 aromatic carbocycles. The molecule has 0 bridgehead atoms. The maximum atomic E-state index is 14.7. The van der Waals surface area contributed by atoms with E-state index in [0.717, 1.165) is 55.7 Å². The molecule has 45 heavy (non-hydrogen) atoms. The third-order valence-corrected chi connectivity index (χ3v) is 8.85. The van der Waals surface area contributed by atoms with Crippen LogP contribution in [0.15, 0.2) is 95.5 Å². The quantitative estimate of drug-likeness (QED) is 0.199. The first-order chi connectivity index (χ1) is 21.5. The first kappa shape index (κ1) is 29.0. The van der Waals surface area contributed by atoms with Crippen molar-refractivity contribution in [1.82, 2.24) is 14.5 Å². The summed E-state index contributed by atoms with van der Waals surface area (Å²) in [6.07, 6.45) is 1.99. The topological polar surface area (TPSA) is 43.9 Å². The number of halogens is 1. The van der Waals surface area contributed by atoms with E-state index in [-0.39, 0.29) is 23.1 Å². The summed E-state index contributed by atoms with van der Waals surface area (Å²) >= 11 is 0. The first-order valence-electron chi connectivity index (χ1n) is 15.8. The Hall–Kier alpha value is -4.77. The van der Waals surface area contributed by atoms with Gasteiger partial charge in [-0.1, -0.05) is 103 Å². The minimum Gasteiger partial charge on any atom is -0.455 e. The van der Waals surface area contributed by atoms with E-state index in [2.05, 4.69) is 95.5 Å². The number of aromatic nitrogens is 3. The summed E-state index contributed by atoms with van der Waals surface area (Å²) in [5, 5.41) is 1.97. The molecular weight excluding hydrogens is 557 g/mol. The van der Waals surface area contributed by atoms with Crippen LogP contribution < -0.4 is 0 Å². The smallest absolute Gasteiger partial charge is 0.164 e. The van der Waals surface area contributed by atoms with E-state index in [9.17, 15) is 4.39 Å². The lowest BCUT2D eigenvalue weighted by atomic mass is 9.88. The normalized spacial score (nSPS) is 12.4. The zero-order chi connectivity index (χ0) is 31.6. The van der Waals surface area contributed by atoms with Crippen molar-refractivity contribution in [3.63, 3.8) is 0 Å². The highest BCUT2D eigenvalue weighted by molar-refractivity contribution is 6.10. The molecule has 0 amide bonds. The predicted octanol–water partition coefficient (Wildman–Crippen LogP) is 11.3. The van der Waals surface area contributed by atoms with Crippen molar-refractivity contribution < 1.29 is 8.81 Å². The fourth-order valence-electron chi connectivity index (χ4n) is 6.37. The number of rotatable bonds is 5. The maximum Gasteiger partial charge on any atom is 0.164 e. The lowest BCUT2D eigenvalue weighted by Gasteiger charge is -2.22. The van der Waals surface area contributed by atoms with Gasteiger partial charge in [-0.05, 0) is 69.8 Å². The highest BCUT2D eigenvalue weighted by Crippen LogP contribution is 2.42. The molecule has 7 aromatic rings. The van der Waals surface area contributed by atoms with Crippen LogP contribution >= 0.6 is 0 Å². The molecule has 4 nitrogen and oxygen atoms in total. The summed E-state index contributed by atoms with van der Waals surface area (Å²) in [7, 11) is 0. The van der Waals surface area contributed by atoms with Crippen molar-refractivity contribution in [1.29, 1.82) is 0 Å². The number of furan rings is 1. The van der Waals surface area contributed by atoms with Crippen molar-refractivity contribution in [2.24, 2.45) is 0 Å². The second-order valence-electron chi connectivity index (χ2n) is 13.7. The van der Waals surface area contributed by atoms with E-state index in [4.69, 9.17) is 14.4 Å². The van der Waals surface area contributed by atoms with Gasteiger partial charge in [-0.25, -0.2) is 14.4 Å². The minimum atomic E-state index is -0.255. The molecule has 7 rings (SSSR count). The Labute approximate surface area is 263 Å². The average Bonchev–Trinajstić information content (AvgIpc) is 3.58. The fraction of sp³-hybridized carbons (Fsp3) is 0.250. The van der Waals surface area contributed by atoms with Crippen molar-refractivity contribution in [2.75, 3.05) is 0 Å². The molecule has 0 saturated heterocycles. The Kier molecular flexibility index (Phi) is 6.88. The Balaban J connectivity index is 1.55. The van der Waals surface area contributed by atoms with Crippen molar-refractivity contribution in [2.45, 2.75) is 65.7 Å². The molecule has 0 spiro atoms. The number of hydrogen-bond donors (Lipinski definition) is 0. The second-order valence-corrected chi connectivity index (χ2v) is 13.7. The Morgan fingerprint density at radius 1 is 0.756 bits per heavy atom. The van der Waals surface area contributed by atoms with Gasteiger partial charge in [-0.15, -0.1) is 0 Å². The standard InChI is InChI=1S/C40H38FN3O/c1-23(2)27-13-10-14-28(24(3)4)36(27)44-38(43-34-21-26(40(5,6)7)22-42-39(34)44)32-16-11-15-31-30-19-18-25(20-35(30)45-37(31)32)29-12-8-9-17-33(29)41/h8-24H,1-7H3. The number of para-hydroxylation sites is 2. The number of hydrogen-bond acceptors (Lipinski definition) is 3. The van der Waals surface area contributed by atoms with E-state index >= 15 is 0 Å². The van der Waals surface area contributed by atoms with E-state index in [0.29, 0.717) is 11.1 Å². The van der Waals surface area contributed by atoms with Gasteiger partial charge in [-0.3, -0.25) is 4.57 Å². The molecule has 0 aliphatic heterocycles. The van der Waals surface area contributed by atoms with Crippen LogP contribution in [-0.4, -0.2) is 14.5 Å². The van der Waals surface area contributed by atoms with Gasteiger partial charge >= 0.3 is 0 Å². The highest BCUT2D eigenvalue weighted by atomic mass is 19.1. The third kappa shape index (κ3) is 4.82. The van der Waals surface area contributed by atoms with E-state index < -0.39 is 0 Å². The van der Waals surface area contributed by atoms with Gasteiger partial charge in [0.25, 0.3) is 0 Å². The van der Waals surface area contributed by atoms with Gasteiger partial charge < -0.3 is 4.42 Å². The van der Waals surface area contributed by atoms with Crippen LogP contribution in [0.3, 0.4) is 0 Å². The molecule has 5 heteroatoms. The number of imidazole rings is 1. The monoisotopic (exact) mass is 595 g/mol. The molecule has 0 N–H and O–H groups in total. The number of fused-ring (bicyclic) bond motifs is 4. The SMILES string of the molecule is CC(C)c1cccc(C(C)C)c1-n1c(-c2cccc3c2oc2cc(-c4ccccc4F)ccc23)nc2cc(C(C)(C)C)cnc21. The molecule has 0 unspecified atom stereocenters. The highest BCUT2D eigenvalue weighted by Gasteiger charge is 2.26. The maximum absolute atomic E-state index is 14.7. The van der Waals surface area contributed by atoms with E-state index in [1.165, 1.54) is 17.2 Å². The molecule has 0 radical (unpaired) electrons. The van der Waals surface area contributed by atoms with Crippen LogP contribution in [0.25, 0.3) is 61.3 Å². The van der Waals surface area contributed by atoms with Gasteiger partial charge in [-0.2, -0.15) is 0 Å². The summed E-state index contributed by atoms with van der Waals surface area (Å²) in [5.74, 6) is 1.11. The van der Waals surface area contributed by atoms with Crippen molar-refractivity contribution in [3.8, 4) is 28.2 Å². The molecule has 0 aliphatic carbocycles. The molecule has 3 aromatic heterocycles. The summed E-state index contributed by atoms with van der Waals surface area (Å²) in [6, 6.07) is 27.8. The Morgan fingerprint density at radius 3 is 2.13 bits per heavy atom. The van der Waals surface area contributed by atoms with Crippen molar-refractivity contribution in [3.05, 3.63) is 114 Å². The van der Waals surface area contributed by atoms with Gasteiger partial charge in [0.2, 0.25) is 0 Å². The second kappa shape index (κ2) is 10.7. The molecule has 0 atom stereocenters. The first-order valence-corrected chi connectivity index (χ1v) is 15.8. The van der Waals surface area contributed by atoms with Gasteiger partial charge in [0.1, 0.15) is 22.5 Å². The lowest BCUT2D eigenvalue weighted by Crippen LogP contribution is -2.12. The fourth-order valence-corrected chi connectivity index (χ4v) is 6.37. The van der Waals surface area contributed by atoms with Crippen molar-refractivity contribution >= 4 is 33.1 Å². The number of pyridine rings is 1. The van der Waals surface area contributed by atoms with Crippen LogP contribution in [0.1, 0.15) is 77.0 Å². The zero-order valence-electron chi connectivity index (χ0n) is 26.9. The lowest BCUT2D eigenvalue weighted by molar-refractivity contribution is 0.588. The molecule has 226 valence electrons. The van der Waals surface area contributed by atoms with Gasteiger partial charge in [0.15, 0.2) is 11.5 Å². The van der Waals surface area contributed by atoms with Crippen LogP contribution in [0, 0.1) is 5.82 Å². The third-order valence-electron chi connectivity index (χ3n) is 8.85. The molecule has 0 aliphatic rings. The summed E-state index contributed by atoms with van der Waals surface area (Å²) in [4.78, 5) is 10.4.